The van der Waals surface area contributed by atoms with E-state index in [2.05, 4.69) is 5.32 Å². The third-order valence-electron chi connectivity index (χ3n) is 3.67. The molecule has 0 radical (unpaired) electrons. The van der Waals surface area contributed by atoms with Crippen molar-refractivity contribution in [2.45, 2.75) is 25.7 Å². The van der Waals surface area contributed by atoms with Gasteiger partial charge in [0.2, 0.25) is 0 Å². The average molecular weight is 211 g/mol. The summed E-state index contributed by atoms with van der Waals surface area (Å²) in [7, 11) is 0. The molecule has 2 fully saturated rings. The van der Waals surface area contributed by atoms with Crippen molar-refractivity contribution in [3.8, 4) is 0 Å². The fourth-order valence-electron chi connectivity index (χ4n) is 2.25. The van der Waals surface area contributed by atoms with E-state index in [1.165, 1.54) is 19.3 Å². The number of urea groups is 1. The Bertz CT molecular complexity index is 228. The Morgan fingerprint density at radius 3 is 2.67 bits per heavy atom. The zero-order valence-corrected chi connectivity index (χ0v) is 9.24. The first-order valence-corrected chi connectivity index (χ1v) is 6.02. The van der Waals surface area contributed by atoms with Crippen molar-refractivity contribution in [2.24, 2.45) is 17.6 Å². The largest absolute Gasteiger partial charge is 0.338 e. The molecule has 3 N–H and O–H groups in total. The SMILES string of the molecule is NCC1CCN(C(=O)NCC2CCC2)C1. The monoisotopic (exact) mass is 211 g/mol. The Labute approximate surface area is 91.2 Å². The lowest BCUT2D eigenvalue weighted by Gasteiger charge is -2.26. The van der Waals surface area contributed by atoms with Crippen molar-refractivity contribution in [1.82, 2.24) is 10.2 Å². The number of carbonyl (C=O) groups is 1. The summed E-state index contributed by atoms with van der Waals surface area (Å²) in [6, 6.07) is 0.109. The molecular formula is C11H21N3O. The van der Waals surface area contributed by atoms with E-state index in [1.54, 1.807) is 0 Å². The fourth-order valence-corrected chi connectivity index (χ4v) is 2.25. The van der Waals surface area contributed by atoms with Gasteiger partial charge in [0.15, 0.2) is 0 Å². The first-order chi connectivity index (χ1) is 7.29. The number of hydrogen-bond acceptors (Lipinski definition) is 2. The number of amides is 2. The van der Waals surface area contributed by atoms with Crippen molar-refractivity contribution in [1.29, 1.82) is 0 Å². The van der Waals surface area contributed by atoms with Gasteiger partial charge >= 0.3 is 6.03 Å². The van der Waals surface area contributed by atoms with Crippen molar-refractivity contribution < 1.29 is 4.79 Å². The second-order valence-electron chi connectivity index (χ2n) is 4.82. The third kappa shape index (κ3) is 2.62. The molecule has 2 rings (SSSR count). The van der Waals surface area contributed by atoms with Crippen LogP contribution in [-0.4, -0.2) is 37.1 Å². The van der Waals surface area contributed by atoms with E-state index in [0.717, 1.165) is 32.0 Å². The van der Waals surface area contributed by atoms with E-state index < -0.39 is 0 Å². The molecule has 86 valence electrons. The lowest BCUT2D eigenvalue weighted by atomic mass is 9.85. The Morgan fingerprint density at radius 1 is 1.33 bits per heavy atom. The number of hydrogen-bond donors (Lipinski definition) is 2. The van der Waals surface area contributed by atoms with E-state index in [1.807, 2.05) is 4.90 Å². The van der Waals surface area contributed by atoms with Gasteiger partial charge in [-0.2, -0.15) is 0 Å². The molecule has 1 atom stereocenters. The Hall–Kier alpha value is -0.770. The molecule has 1 saturated heterocycles. The molecule has 0 aromatic rings. The van der Waals surface area contributed by atoms with Crippen LogP contribution >= 0.6 is 0 Å². The van der Waals surface area contributed by atoms with Gasteiger partial charge in [-0.15, -0.1) is 0 Å². The molecule has 4 nitrogen and oxygen atoms in total. The third-order valence-corrected chi connectivity index (χ3v) is 3.67. The van der Waals surface area contributed by atoms with Crippen LogP contribution in [0.4, 0.5) is 4.79 Å². The molecule has 4 heteroatoms. The van der Waals surface area contributed by atoms with Crippen molar-refractivity contribution in [2.75, 3.05) is 26.2 Å². The van der Waals surface area contributed by atoms with Crippen LogP contribution in [0.3, 0.4) is 0 Å². The molecule has 2 aliphatic rings. The Balaban J connectivity index is 1.66. The standard InChI is InChI=1S/C11H21N3O/c12-6-10-4-5-14(8-10)11(15)13-7-9-2-1-3-9/h9-10H,1-8,12H2,(H,13,15). The maximum atomic E-state index is 11.7. The molecule has 1 unspecified atom stereocenters. The van der Waals surface area contributed by atoms with E-state index >= 15 is 0 Å². The average Bonchev–Trinajstić information content (AvgIpc) is 2.63. The molecule has 0 bridgehead atoms. The highest BCUT2D eigenvalue weighted by Crippen LogP contribution is 2.25. The summed E-state index contributed by atoms with van der Waals surface area (Å²) in [5, 5.41) is 3.02. The van der Waals surface area contributed by atoms with Crippen molar-refractivity contribution in [3.05, 3.63) is 0 Å². The van der Waals surface area contributed by atoms with Crippen LogP contribution in [0, 0.1) is 11.8 Å². The maximum absolute atomic E-state index is 11.7. The number of nitrogens with zero attached hydrogens (tertiary/aromatic N) is 1. The summed E-state index contributed by atoms with van der Waals surface area (Å²) in [6.45, 7) is 3.28. The van der Waals surface area contributed by atoms with E-state index in [-0.39, 0.29) is 6.03 Å². The second-order valence-corrected chi connectivity index (χ2v) is 4.82. The number of rotatable bonds is 3. The summed E-state index contributed by atoms with van der Waals surface area (Å²) in [5.74, 6) is 1.25. The minimum Gasteiger partial charge on any atom is -0.338 e. The van der Waals surface area contributed by atoms with E-state index in [0.29, 0.717) is 12.5 Å². The van der Waals surface area contributed by atoms with Gasteiger partial charge in [0.05, 0.1) is 0 Å². The van der Waals surface area contributed by atoms with Gasteiger partial charge in [-0.05, 0) is 37.6 Å². The molecule has 0 aromatic heterocycles. The van der Waals surface area contributed by atoms with Crippen LogP contribution in [0.1, 0.15) is 25.7 Å². The van der Waals surface area contributed by atoms with Crippen molar-refractivity contribution >= 4 is 6.03 Å². The zero-order valence-electron chi connectivity index (χ0n) is 9.24. The normalized spacial score (nSPS) is 26.5. The number of nitrogens with one attached hydrogen (secondary N) is 1. The highest BCUT2D eigenvalue weighted by Gasteiger charge is 2.26. The molecule has 0 aromatic carbocycles. The van der Waals surface area contributed by atoms with E-state index in [9.17, 15) is 4.79 Å². The summed E-state index contributed by atoms with van der Waals surface area (Å²) in [6.07, 6.45) is 4.96. The predicted octanol–water partition coefficient (Wildman–Crippen LogP) is 0.777. The topological polar surface area (TPSA) is 58.4 Å². The second kappa shape index (κ2) is 4.84. The summed E-state index contributed by atoms with van der Waals surface area (Å²) < 4.78 is 0. The van der Waals surface area contributed by atoms with Crippen LogP contribution < -0.4 is 11.1 Å². The fraction of sp³-hybridized carbons (Fsp3) is 0.909. The summed E-state index contributed by atoms with van der Waals surface area (Å²) in [4.78, 5) is 13.6. The van der Waals surface area contributed by atoms with Crippen molar-refractivity contribution in [3.63, 3.8) is 0 Å². The van der Waals surface area contributed by atoms with Gasteiger partial charge in [0, 0.05) is 19.6 Å². The van der Waals surface area contributed by atoms with Gasteiger partial charge in [0.25, 0.3) is 0 Å². The molecular weight excluding hydrogens is 190 g/mol. The van der Waals surface area contributed by atoms with E-state index in [4.69, 9.17) is 5.73 Å². The number of carbonyl (C=O) groups excluding carboxylic acids is 1. The quantitative estimate of drug-likeness (QED) is 0.724. The lowest BCUT2D eigenvalue weighted by Crippen LogP contribution is -2.41. The lowest BCUT2D eigenvalue weighted by molar-refractivity contribution is 0.200. The number of likely N-dealkylation sites (tertiary alicyclic amines) is 1. The Morgan fingerprint density at radius 2 is 2.13 bits per heavy atom. The predicted molar refractivity (Wildman–Crippen MR) is 59.5 cm³/mol. The molecule has 15 heavy (non-hydrogen) atoms. The van der Waals surface area contributed by atoms with Crippen LogP contribution in [0.5, 0.6) is 0 Å². The van der Waals surface area contributed by atoms with Gasteiger partial charge in [0.1, 0.15) is 0 Å². The summed E-state index contributed by atoms with van der Waals surface area (Å²) >= 11 is 0. The zero-order chi connectivity index (χ0) is 10.7. The minimum absolute atomic E-state index is 0.109. The molecule has 1 aliphatic heterocycles. The van der Waals surface area contributed by atoms with Gasteiger partial charge in [-0.1, -0.05) is 6.42 Å². The van der Waals surface area contributed by atoms with Gasteiger partial charge in [-0.3, -0.25) is 0 Å². The van der Waals surface area contributed by atoms with Crippen LogP contribution in [0.25, 0.3) is 0 Å². The van der Waals surface area contributed by atoms with Gasteiger partial charge < -0.3 is 16.0 Å². The molecule has 2 amide bonds. The van der Waals surface area contributed by atoms with Crippen LogP contribution in [0.15, 0.2) is 0 Å². The molecule has 1 saturated carbocycles. The highest BCUT2D eigenvalue weighted by molar-refractivity contribution is 5.74. The highest BCUT2D eigenvalue weighted by atomic mass is 16.2. The number of nitrogens with two attached hydrogens (primary N) is 1. The maximum Gasteiger partial charge on any atom is 0.317 e. The first kappa shape index (κ1) is 10.7. The molecule has 1 aliphatic carbocycles. The molecule has 0 spiro atoms. The molecule has 1 heterocycles. The minimum atomic E-state index is 0.109. The Kier molecular flexibility index (Phi) is 3.46. The summed E-state index contributed by atoms with van der Waals surface area (Å²) in [5.41, 5.74) is 5.59. The first-order valence-electron chi connectivity index (χ1n) is 6.02. The van der Waals surface area contributed by atoms with Crippen LogP contribution in [0.2, 0.25) is 0 Å². The smallest absolute Gasteiger partial charge is 0.317 e. The van der Waals surface area contributed by atoms with Gasteiger partial charge in [-0.25, -0.2) is 4.79 Å². The van der Waals surface area contributed by atoms with Crippen LogP contribution in [-0.2, 0) is 0 Å².